The van der Waals surface area contributed by atoms with Crippen LogP contribution in [0.2, 0.25) is 0 Å². The van der Waals surface area contributed by atoms with Gasteiger partial charge in [-0.25, -0.2) is 0 Å². The number of nitrogens with zero attached hydrogens (tertiary/aromatic N) is 1. The van der Waals surface area contributed by atoms with Crippen LogP contribution in [0.5, 0.6) is 0 Å². The molecule has 0 fully saturated rings. The Balaban J connectivity index is 1.67. The van der Waals surface area contributed by atoms with Crippen LogP contribution in [0, 0.1) is 6.92 Å². The van der Waals surface area contributed by atoms with Gasteiger partial charge in [-0.15, -0.1) is 0 Å². The van der Waals surface area contributed by atoms with Crippen molar-refractivity contribution < 1.29 is 0 Å². The van der Waals surface area contributed by atoms with Crippen molar-refractivity contribution >= 4 is 17.1 Å². The normalized spacial score (nSPS) is 14.4. The van der Waals surface area contributed by atoms with E-state index in [2.05, 4.69) is 133 Å². The zero-order chi connectivity index (χ0) is 22.0. The summed E-state index contributed by atoms with van der Waals surface area (Å²) in [5.74, 6) is 0. The lowest BCUT2D eigenvalue weighted by atomic mass is 9.64. The highest BCUT2D eigenvalue weighted by molar-refractivity contribution is 5.95. The summed E-state index contributed by atoms with van der Waals surface area (Å²) >= 11 is 0. The van der Waals surface area contributed by atoms with Crippen molar-refractivity contribution in [3.8, 4) is 11.1 Å². The standard InChI is InChI=1S/C32H23N/c1-22-19-20-27-25(21-22)24-13-5-6-14-26(24)32(27)28-15-7-9-17-30(28)33(23-11-3-2-4-12-23)31-18-10-8-16-29(31)32/h2-21H,1H3. The summed E-state index contributed by atoms with van der Waals surface area (Å²) in [6.45, 7) is 2.19. The summed E-state index contributed by atoms with van der Waals surface area (Å²) in [5, 5.41) is 0. The fourth-order valence-electron chi connectivity index (χ4n) is 6.08. The Kier molecular flexibility index (Phi) is 3.75. The molecule has 1 heterocycles. The molecule has 0 N–H and O–H groups in total. The van der Waals surface area contributed by atoms with Crippen molar-refractivity contribution in [1.29, 1.82) is 0 Å². The van der Waals surface area contributed by atoms with Gasteiger partial charge in [0.1, 0.15) is 0 Å². The maximum atomic E-state index is 2.42. The van der Waals surface area contributed by atoms with E-state index in [1.807, 2.05) is 0 Å². The Hall–Kier alpha value is -4.10. The topological polar surface area (TPSA) is 3.24 Å². The molecular weight excluding hydrogens is 398 g/mol. The number of hydrogen-bond donors (Lipinski definition) is 0. The number of hydrogen-bond acceptors (Lipinski definition) is 1. The van der Waals surface area contributed by atoms with E-state index in [0.29, 0.717) is 0 Å². The highest BCUT2D eigenvalue weighted by Crippen LogP contribution is 2.63. The third kappa shape index (κ3) is 2.32. The molecule has 156 valence electrons. The van der Waals surface area contributed by atoms with Gasteiger partial charge >= 0.3 is 0 Å². The van der Waals surface area contributed by atoms with Gasteiger partial charge in [0.15, 0.2) is 0 Å². The van der Waals surface area contributed by atoms with Gasteiger partial charge in [0.25, 0.3) is 0 Å². The minimum Gasteiger partial charge on any atom is -0.310 e. The average Bonchev–Trinajstić information content (AvgIpc) is 3.15. The lowest BCUT2D eigenvalue weighted by Crippen LogP contribution is -2.36. The molecule has 5 aromatic rings. The second-order valence-electron chi connectivity index (χ2n) is 9.05. The van der Waals surface area contributed by atoms with Gasteiger partial charge in [-0.1, -0.05) is 103 Å². The molecule has 0 saturated carbocycles. The van der Waals surface area contributed by atoms with Gasteiger partial charge < -0.3 is 4.90 Å². The Labute approximate surface area is 194 Å². The zero-order valence-corrected chi connectivity index (χ0v) is 18.5. The highest BCUT2D eigenvalue weighted by atomic mass is 15.2. The minimum atomic E-state index is -0.335. The van der Waals surface area contributed by atoms with E-state index < -0.39 is 0 Å². The van der Waals surface area contributed by atoms with Crippen molar-refractivity contribution in [2.24, 2.45) is 0 Å². The summed E-state index contributed by atoms with van der Waals surface area (Å²) in [6.07, 6.45) is 0. The van der Waals surface area contributed by atoms with Crippen LogP contribution in [-0.2, 0) is 5.41 Å². The summed E-state index contributed by atoms with van der Waals surface area (Å²) < 4.78 is 0. The third-order valence-corrected chi connectivity index (χ3v) is 7.31. The molecule has 33 heavy (non-hydrogen) atoms. The second-order valence-corrected chi connectivity index (χ2v) is 9.05. The van der Waals surface area contributed by atoms with Crippen LogP contribution < -0.4 is 4.90 Å². The third-order valence-electron chi connectivity index (χ3n) is 7.31. The molecule has 5 aromatic carbocycles. The Morgan fingerprint density at radius 3 is 1.73 bits per heavy atom. The molecule has 1 spiro atoms. The number of fused-ring (bicyclic) bond motifs is 9. The molecule has 1 heteroatoms. The van der Waals surface area contributed by atoms with E-state index in [1.54, 1.807) is 0 Å². The summed E-state index contributed by atoms with van der Waals surface area (Å²) in [7, 11) is 0. The largest absolute Gasteiger partial charge is 0.310 e. The monoisotopic (exact) mass is 421 g/mol. The smallest absolute Gasteiger partial charge is 0.0754 e. The van der Waals surface area contributed by atoms with E-state index in [0.717, 1.165) is 0 Å². The Bertz CT molecular complexity index is 1480. The van der Waals surface area contributed by atoms with Crippen molar-refractivity contribution in [2.45, 2.75) is 12.3 Å². The molecule has 0 atom stereocenters. The van der Waals surface area contributed by atoms with Crippen LogP contribution in [0.1, 0.15) is 27.8 Å². The zero-order valence-electron chi connectivity index (χ0n) is 18.5. The van der Waals surface area contributed by atoms with Gasteiger partial charge in [-0.05, 0) is 64.6 Å². The Morgan fingerprint density at radius 1 is 0.485 bits per heavy atom. The van der Waals surface area contributed by atoms with Gasteiger partial charge in [-0.2, -0.15) is 0 Å². The van der Waals surface area contributed by atoms with Crippen molar-refractivity contribution in [3.63, 3.8) is 0 Å². The molecule has 0 amide bonds. The molecule has 0 radical (unpaired) electrons. The molecule has 2 aliphatic rings. The van der Waals surface area contributed by atoms with E-state index >= 15 is 0 Å². The molecule has 1 aliphatic carbocycles. The molecular formula is C32H23N. The quantitative estimate of drug-likeness (QED) is 0.258. The van der Waals surface area contributed by atoms with Crippen molar-refractivity contribution in [3.05, 3.63) is 149 Å². The fraction of sp³-hybridized carbons (Fsp3) is 0.0625. The summed E-state index contributed by atoms with van der Waals surface area (Å²) in [5.41, 5.74) is 12.7. The number of anilines is 3. The molecule has 7 rings (SSSR count). The van der Waals surface area contributed by atoms with E-state index in [1.165, 1.54) is 56.0 Å². The lowest BCUT2D eigenvalue weighted by Gasteiger charge is -2.45. The first-order chi connectivity index (χ1) is 16.3. The molecule has 0 unspecified atom stereocenters. The van der Waals surface area contributed by atoms with Gasteiger partial charge in [0.2, 0.25) is 0 Å². The lowest BCUT2D eigenvalue weighted by molar-refractivity contribution is 0.752. The maximum absolute atomic E-state index is 2.42. The highest BCUT2D eigenvalue weighted by Gasteiger charge is 2.51. The summed E-state index contributed by atoms with van der Waals surface area (Å²) in [4.78, 5) is 2.42. The van der Waals surface area contributed by atoms with E-state index in [-0.39, 0.29) is 5.41 Å². The van der Waals surface area contributed by atoms with Crippen LogP contribution in [-0.4, -0.2) is 0 Å². The number of rotatable bonds is 1. The second kappa shape index (κ2) is 6.70. The number of para-hydroxylation sites is 3. The first kappa shape index (κ1) is 18.5. The average molecular weight is 422 g/mol. The van der Waals surface area contributed by atoms with Gasteiger partial charge in [-0.3, -0.25) is 0 Å². The number of aryl methyl sites for hydroxylation is 1. The van der Waals surface area contributed by atoms with Gasteiger partial charge in [0, 0.05) is 5.69 Å². The predicted octanol–water partition coefficient (Wildman–Crippen LogP) is 8.14. The minimum absolute atomic E-state index is 0.335. The Morgan fingerprint density at radius 2 is 1.03 bits per heavy atom. The first-order valence-electron chi connectivity index (χ1n) is 11.6. The van der Waals surface area contributed by atoms with Crippen LogP contribution in [0.25, 0.3) is 11.1 Å². The van der Waals surface area contributed by atoms with Gasteiger partial charge in [0.05, 0.1) is 16.8 Å². The molecule has 0 bridgehead atoms. The summed E-state index contributed by atoms with van der Waals surface area (Å²) in [6, 6.07) is 44.6. The van der Waals surface area contributed by atoms with Crippen molar-refractivity contribution in [2.75, 3.05) is 4.90 Å². The van der Waals surface area contributed by atoms with Crippen LogP contribution in [0.15, 0.2) is 121 Å². The molecule has 1 aliphatic heterocycles. The first-order valence-corrected chi connectivity index (χ1v) is 11.6. The maximum Gasteiger partial charge on any atom is 0.0754 e. The SMILES string of the molecule is Cc1ccc2c(c1)-c1ccccc1C21c2ccccc2N(c2ccccc2)c2ccccc21. The van der Waals surface area contributed by atoms with Crippen LogP contribution in [0.4, 0.5) is 17.1 Å². The molecule has 1 nitrogen and oxygen atoms in total. The van der Waals surface area contributed by atoms with Crippen molar-refractivity contribution in [1.82, 2.24) is 0 Å². The van der Waals surface area contributed by atoms with E-state index in [4.69, 9.17) is 0 Å². The molecule has 0 saturated heterocycles. The molecule has 0 aromatic heterocycles. The van der Waals surface area contributed by atoms with Crippen LogP contribution in [0.3, 0.4) is 0 Å². The number of benzene rings is 5. The fourth-order valence-corrected chi connectivity index (χ4v) is 6.08. The van der Waals surface area contributed by atoms with E-state index in [9.17, 15) is 0 Å². The predicted molar refractivity (Wildman–Crippen MR) is 137 cm³/mol. The van der Waals surface area contributed by atoms with Crippen LogP contribution >= 0.6 is 0 Å².